The van der Waals surface area contributed by atoms with E-state index in [1.165, 1.54) is 25.1 Å². The first-order valence-electron chi connectivity index (χ1n) is 9.13. The number of nitrogens with zero attached hydrogens (tertiary/aromatic N) is 1. The predicted octanol–water partition coefficient (Wildman–Crippen LogP) is 4.00. The molecule has 4 heteroatoms. The molecule has 1 N–H and O–H groups in total. The van der Waals surface area contributed by atoms with Crippen LogP contribution in [0.25, 0.3) is 0 Å². The van der Waals surface area contributed by atoms with E-state index in [-0.39, 0.29) is 5.91 Å². The number of aryl methyl sites for hydroxylation is 1. The van der Waals surface area contributed by atoms with Gasteiger partial charge in [0.2, 0.25) is 0 Å². The fourth-order valence-electron chi connectivity index (χ4n) is 3.84. The Morgan fingerprint density at radius 1 is 1.12 bits per heavy atom. The Labute approximate surface area is 150 Å². The molecule has 1 aliphatic rings. The molecule has 0 unspecified atom stereocenters. The summed E-state index contributed by atoms with van der Waals surface area (Å²) in [5.74, 6) is 2.12. The summed E-state index contributed by atoms with van der Waals surface area (Å²) in [5.41, 5.74) is 3.05. The molecule has 3 rings (SSSR count). The smallest absolute Gasteiger partial charge is 0.255 e. The summed E-state index contributed by atoms with van der Waals surface area (Å²) in [6, 6.07) is 10.3. The van der Waals surface area contributed by atoms with Gasteiger partial charge in [-0.15, -0.1) is 0 Å². The van der Waals surface area contributed by atoms with Crippen molar-refractivity contribution in [3.05, 3.63) is 59.0 Å². The minimum atomic E-state index is -0.0911. The Balaban J connectivity index is 1.52. The highest BCUT2D eigenvalue weighted by atomic mass is 16.3. The molecule has 0 spiro atoms. The number of hydrogen-bond acceptors (Lipinski definition) is 3. The van der Waals surface area contributed by atoms with Crippen LogP contribution in [0.15, 0.2) is 41.0 Å². The van der Waals surface area contributed by atoms with Crippen molar-refractivity contribution in [2.75, 3.05) is 13.1 Å². The minimum absolute atomic E-state index is 0.0911. The number of carbonyl (C=O) groups excluding carboxylic acids is 1. The van der Waals surface area contributed by atoms with Crippen LogP contribution >= 0.6 is 0 Å². The van der Waals surface area contributed by atoms with Crippen LogP contribution in [0.3, 0.4) is 0 Å². The zero-order valence-electron chi connectivity index (χ0n) is 15.4. The summed E-state index contributed by atoms with van der Waals surface area (Å²) in [5, 5.41) is 2.95. The molecule has 0 saturated carbocycles. The molecule has 1 aliphatic heterocycles. The molecule has 2 aromatic rings. The number of likely N-dealkylation sites (tertiary alicyclic amines) is 1. The molecule has 0 radical (unpaired) electrons. The lowest BCUT2D eigenvalue weighted by Crippen LogP contribution is -2.38. The molecule has 2 atom stereocenters. The van der Waals surface area contributed by atoms with Gasteiger partial charge in [-0.1, -0.05) is 38.1 Å². The Morgan fingerprint density at radius 2 is 1.76 bits per heavy atom. The lowest BCUT2D eigenvalue weighted by Gasteiger charge is -2.35. The van der Waals surface area contributed by atoms with Crippen molar-refractivity contribution >= 4 is 5.91 Å². The fourth-order valence-corrected chi connectivity index (χ4v) is 3.84. The van der Waals surface area contributed by atoms with Gasteiger partial charge in [-0.25, -0.2) is 0 Å². The van der Waals surface area contributed by atoms with Crippen molar-refractivity contribution in [1.29, 1.82) is 0 Å². The van der Waals surface area contributed by atoms with Gasteiger partial charge < -0.3 is 9.73 Å². The number of nitrogens with one attached hydrogen (secondary N) is 1. The van der Waals surface area contributed by atoms with Crippen molar-refractivity contribution in [3.8, 4) is 0 Å². The number of amides is 1. The van der Waals surface area contributed by atoms with Gasteiger partial charge in [0.1, 0.15) is 5.76 Å². The SMILES string of the molecule is Cc1occc1C(=O)NCc1ccc(CN2C[C@H](C)C[C@H](C)C2)cc1. The molecular weight excluding hydrogens is 312 g/mol. The molecule has 2 heterocycles. The number of rotatable bonds is 5. The van der Waals surface area contributed by atoms with Gasteiger partial charge >= 0.3 is 0 Å². The summed E-state index contributed by atoms with van der Waals surface area (Å²) in [6.07, 6.45) is 2.88. The van der Waals surface area contributed by atoms with Gasteiger partial charge in [0.25, 0.3) is 5.91 Å². The van der Waals surface area contributed by atoms with Gasteiger partial charge in [0.15, 0.2) is 0 Å². The van der Waals surface area contributed by atoms with E-state index in [0.717, 1.165) is 23.9 Å². The third kappa shape index (κ3) is 4.73. The number of piperidine rings is 1. The lowest BCUT2D eigenvalue weighted by molar-refractivity contribution is 0.0949. The Hall–Kier alpha value is -2.07. The predicted molar refractivity (Wildman–Crippen MR) is 99.3 cm³/mol. The number of hydrogen-bond donors (Lipinski definition) is 1. The highest BCUT2D eigenvalue weighted by Crippen LogP contribution is 2.22. The summed E-state index contributed by atoms with van der Waals surface area (Å²) in [7, 11) is 0. The molecule has 1 aromatic heterocycles. The summed E-state index contributed by atoms with van der Waals surface area (Å²) >= 11 is 0. The summed E-state index contributed by atoms with van der Waals surface area (Å²) < 4.78 is 5.18. The first-order chi connectivity index (χ1) is 12.0. The first kappa shape index (κ1) is 17.7. The average molecular weight is 340 g/mol. The maximum absolute atomic E-state index is 12.1. The first-order valence-corrected chi connectivity index (χ1v) is 9.13. The average Bonchev–Trinajstić information content (AvgIpc) is 2.99. The normalized spacial score (nSPS) is 21.2. The van der Waals surface area contributed by atoms with Crippen LogP contribution in [0.5, 0.6) is 0 Å². The number of benzene rings is 1. The van der Waals surface area contributed by atoms with Crippen LogP contribution < -0.4 is 5.32 Å². The molecule has 134 valence electrons. The Kier molecular flexibility index (Phi) is 5.59. The van der Waals surface area contributed by atoms with E-state index in [4.69, 9.17) is 4.42 Å². The molecule has 1 saturated heterocycles. The maximum Gasteiger partial charge on any atom is 0.255 e. The highest BCUT2D eigenvalue weighted by molar-refractivity contribution is 5.94. The zero-order chi connectivity index (χ0) is 17.8. The third-order valence-corrected chi connectivity index (χ3v) is 4.93. The molecule has 1 aromatic carbocycles. The highest BCUT2D eigenvalue weighted by Gasteiger charge is 2.21. The molecule has 1 amide bonds. The van der Waals surface area contributed by atoms with E-state index >= 15 is 0 Å². The Bertz CT molecular complexity index is 695. The van der Waals surface area contributed by atoms with E-state index in [9.17, 15) is 4.79 Å². The second-order valence-electron chi connectivity index (χ2n) is 7.53. The largest absolute Gasteiger partial charge is 0.469 e. The van der Waals surface area contributed by atoms with Crippen molar-refractivity contribution in [1.82, 2.24) is 10.2 Å². The Morgan fingerprint density at radius 3 is 2.36 bits per heavy atom. The van der Waals surface area contributed by atoms with Crippen LogP contribution in [0.2, 0.25) is 0 Å². The molecule has 1 fully saturated rings. The molecule has 0 aliphatic carbocycles. The van der Waals surface area contributed by atoms with Gasteiger partial charge in [0.05, 0.1) is 11.8 Å². The standard InChI is InChI=1S/C21H28N2O2/c1-15-10-16(2)13-23(12-15)14-19-6-4-18(5-7-19)11-22-21(24)20-8-9-25-17(20)3/h4-9,15-16H,10-14H2,1-3H3,(H,22,24)/t15-,16+. The van der Waals surface area contributed by atoms with Crippen LogP contribution in [0.4, 0.5) is 0 Å². The van der Waals surface area contributed by atoms with Gasteiger partial charge in [-0.2, -0.15) is 0 Å². The van der Waals surface area contributed by atoms with Crippen LogP contribution in [0, 0.1) is 18.8 Å². The van der Waals surface area contributed by atoms with E-state index in [1.54, 1.807) is 19.3 Å². The quantitative estimate of drug-likeness (QED) is 0.895. The van der Waals surface area contributed by atoms with Gasteiger partial charge in [0, 0.05) is 26.2 Å². The molecule has 0 bridgehead atoms. The van der Waals surface area contributed by atoms with Gasteiger partial charge in [-0.05, 0) is 42.4 Å². The number of furan rings is 1. The lowest BCUT2D eigenvalue weighted by atomic mass is 9.91. The van der Waals surface area contributed by atoms with Crippen molar-refractivity contribution in [2.24, 2.45) is 11.8 Å². The molecular formula is C21H28N2O2. The monoisotopic (exact) mass is 340 g/mol. The van der Waals surface area contributed by atoms with Crippen LogP contribution in [0.1, 0.15) is 47.5 Å². The van der Waals surface area contributed by atoms with E-state index in [0.29, 0.717) is 17.9 Å². The van der Waals surface area contributed by atoms with E-state index in [2.05, 4.69) is 48.3 Å². The molecule has 4 nitrogen and oxygen atoms in total. The second kappa shape index (κ2) is 7.87. The minimum Gasteiger partial charge on any atom is -0.469 e. The van der Waals surface area contributed by atoms with Crippen molar-refractivity contribution in [3.63, 3.8) is 0 Å². The van der Waals surface area contributed by atoms with E-state index < -0.39 is 0 Å². The summed E-state index contributed by atoms with van der Waals surface area (Å²) in [4.78, 5) is 14.7. The van der Waals surface area contributed by atoms with E-state index in [1.807, 2.05) is 0 Å². The summed E-state index contributed by atoms with van der Waals surface area (Å²) in [6.45, 7) is 10.4. The van der Waals surface area contributed by atoms with Crippen LogP contribution in [-0.4, -0.2) is 23.9 Å². The second-order valence-corrected chi connectivity index (χ2v) is 7.53. The topological polar surface area (TPSA) is 45.5 Å². The van der Waals surface area contributed by atoms with Gasteiger partial charge in [-0.3, -0.25) is 9.69 Å². The maximum atomic E-state index is 12.1. The van der Waals surface area contributed by atoms with Crippen LogP contribution in [-0.2, 0) is 13.1 Å². The zero-order valence-corrected chi connectivity index (χ0v) is 15.4. The fraction of sp³-hybridized carbons (Fsp3) is 0.476. The van der Waals surface area contributed by atoms with Crippen molar-refractivity contribution < 1.29 is 9.21 Å². The van der Waals surface area contributed by atoms with Crippen molar-refractivity contribution in [2.45, 2.75) is 40.3 Å². The molecule has 25 heavy (non-hydrogen) atoms. The third-order valence-electron chi connectivity index (χ3n) is 4.93. The number of carbonyl (C=O) groups is 1.